The van der Waals surface area contributed by atoms with Crippen LogP contribution in [0.3, 0.4) is 0 Å². The Bertz CT molecular complexity index is 1440. The molecule has 8 nitrogen and oxygen atoms in total. The van der Waals surface area contributed by atoms with E-state index in [9.17, 15) is 4.79 Å². The maximum atomic E-state index is 14.3. The van der Waals surface area contributed by atoms with Crippen LogP contribution in [0.4, 0.5) is 0 Å². The van der Waals surface area contributed by atoms with Gasteiger partial charge in [-0.3, -0.25) is 4.79 Å². The van der Waals surface area contributed by atoms with Gasteiger partial charge in [0.1, 0.15) is 11.5 Å². The summed E-state index contributed by atoms with van der Waals surface area (Å²) >= 11 is 0. The predicted octanol–water partition coefficient (Wildman–Crippen LogP) is 6.95. The highest BCUT2D eigenvalue weighted by Crippen LogP contribution is 2.46. The molecule has 3 aromatic carbocycles. The van der Waals surface area contributed by atoms with Crippen molar-refractivity contribution in [1.29, 1.82) is 0 Å². The highest BCUT2D eigenvalue weighted by atomic mass is 16.5. The first-order valence-corrected chi connectivity index (χ1v) is 14.4. The minimum Gasteiger partial charge on any atom is -0.494 e. The van der Waals surface area contributed by atoms with E-state index in [-0.39, 0.29) is 17.9 Å². The monoisotopic (exact) mass is 570 g/mol. The molecule has 1 heterocycles. The lowest BCUT2D eigenvalue weighted by Gasteiger charge is -2.30. The fraction of sp³-hybridized carbons (Fsp3) is 0.353. The topological polar surface area (TPSA) is 78.8 Å². The van der Waals surface area contributed by atoms with Crippen LogP contribution in [0.15, 0.2) is 71.3 Å². The van der Waals surface area contributed by atoms with E-state index in [1.807, 2.05) is 50.2 Å². The molecule has 2 aliphatic rings. The number of carbonyl (C=O) groups excluding carboxylic acids is 1. The van der Waals surface area contributed by atoms with Crippen LogP contribution in [0.1, 0.15) is 60.6 Å². The third-order valence-corrected chi connectivity index (χ3v) is 7.69. The fourth-order valence-electron chi connectivity index (χ4n) is 5.79. The van der Waals surface area contributed by atoms with Crippen LogP contribution in [0.2, 0.25) is 0 Å². The van der Waals surface area contributed by atoms with Crippen molar-refractivity contribution in [2.75, 3.05) is 34.5 Å². The van der Waals surface area contributed by atoms with Crippen molar-refractivity contribution in [2.45, 2.75) is 39.2 Å². The Balaban J connectivity index is 1.57. The second-order valence-electron chi connectivity index (χ2n) is 10.2. The molecular weight excluding hydrogens is 532 g/mol. The summed E-state index contributed by atoms with van der Waals surface area (Å²) in [6.07, 6.45) is 5.01. The van der Waals surface area contributed by atoms with E-state index in [2.05, 4.69) is 18.2 Å². The number of allylic oxidation sites excluding steroid dienone is 1. The third-order valence-electron chi connectivity index (χ3n) is 7.69. The molecule has 0 radical (unpaired) electrons. The van der Waals surface area contributed by atoms with Gasteiger partial charge in [-0.15, -0.1) is 0 Å². The number of carbonyl (C=O) groups is 1. The Hall–Kier alpha value is -4.46. The molecule has 0 saturated heterocycles. The van der Waals surface area contributed by atoms with Gasteiger partial charge in [-0.05, 0) is 92.3 Å². The van der Waals surface area contributed by atoms with Crippen LogP contribution in [-0.4, -0.2) is 51.2 Å². The van der Waals surface area contributed by atoms with Gasteiger partial charge in [-0.2, -0.15) is 5.10 Å². The van der Waals surface area contributed by atoms with Crippen LogP contribution < -0.4 is 23.7 Å². The molecule has 8 heteroatoms. The average molecular weight is 571 g/mol. The van der Waals surface area contributed by atoms with Crippen LogP contribution in [0.25, 0.3) is 6.08 Å². The van der Waals surface area contributed by atoms with Crippen molar-refractivity contribution in [1.82, 2.24) is 5.01 Å². The highest BCUT2D eigenvalue weighted by molar-refractivity contribution is 6.09. The molecule has 42 heavy (non-hydrogen) atoms. The van der Waals surface area contributed by atoms with E-state index >= 15 is 0 Å². The first kappa shape index (κ1) is 29.0. The summed E-state index contributed by atoms with van der Waals surface area (Å²) in [6.45, 7) is 5.15. The molecule has 3 aromatic rings. The smallest absolute Gasteiger partial charge is 0.274 e. The maximum absolute atomic E-state index is 14.3. The standard InChI is InChI=1S/C34H38N2O6/c1-6-41-26-15-11-22(12-16-26)19-24-9-8-10-28-31(24)35-36(32(28)23-13-17-27(18-14-23)42-7-2)34(37)25-20-29(38-3)33(40-5)30(21-25)39-4/h11-21,28,32H,6-10H2,1-5H3/b24-19+/t28-,32+/m1/s1. The quantitative estimate of drug-likeness (QED) is 0.263. The normalized spacial score (nSPS) is 18.7. The Morgan fingerprint density at radius 1 is 0.881 bits per heavy atom. The SMILES string of the molecule is CCOc1ccc(/C=C2\CCC[C@@H]3C2=NN(C(=O)c2cc(OC)c(OC)c(OC)c2)[C@H]3c2ccc(OCC)cc2)cc1. The molecule has 1 saturated carbocycles. The largest absolute Gasteiger partial charge is 0.494 e. The van der Waals surface area contributed by atoms with E-state index < -0.39 is 0 Å². The number of fused-ring (bicyclic) bond motifs is 1. The Morgan fingerprint density at radius 3 is 2.02 bits per heavy atom. The molecule has 1 aliphatic heterocycles. The van der Waals surface area contributed by atoms with Gasteiger partial charge in [0.25, 0.3) is 5.91 Å². The highest BCUT2D eigenvalue weighted by Gasteiger charge is 2.44. The van der Waals surface area contributed by atoms with E-state index in [0.717, 1.165) is 53.2 Å². The van der Waals surface area contributed by atoms with Crippen LogP contribution in [0, 0.1) is 5.92 Å². The predicted molar refractivity (Wildman–Crippen MR) is 163 cm³/mol. The second-order valence-corrected chi connectivity index (χ2v) is 10.2. The summed E-state index contributed by atoms with van der Waals surface area (Å²) in [5.74, 6) is 2.71. The molecule has 0 spiro atoms. The zero-order valence-corrected chi connectivity index (χ0v) is 24.9. The summed E-state index contributed by atoms with van der Waals surface area (Å²) in [7, 11) is 4.62. The van der Waals surface area contributed by atoms with Gasteiger partial charge in [0.05, 0.1) is 46.3 Å². The number of hydrogen-bond acceptors (Lipinski definition) is 7. The Labute approximate surface area is 247 Å². The summed E-state index contributed by atoms with van der Waals surface area (Å²) in [6, 6.07) is 19.1. The molecule has 0 aromatic heterocycles. The molecule has 2 atom stereocenters. The molecule has 220 valence electrons. The molecule has 5 rings (SSSR count). The number of amides is 1. The average Bonchev–Trinajstić information content (AvgIpc) is 3.42. The van der Waals surface area contributed by atoms with Crippen molar-refractivity contribution in [3.63, 3.8) is 0 Å². The van der Waals surface area contributed by atoms with Crippen molar-refractivity contribution < 1.29 is 28.5 Å². The fourth-order valence-corrected chi connectivity index (χ4v) is 5.79. The number of nitrogens with zero attached hydrogens (tertiary/aromatic N) is 2. The lowest BCUT2D eigenvalue weighted by Crippen LogP contribution is -2.32. The molecule has 0 bridgehead atoms. The van der Waals surface area contributed by atoms with Gasteiger partial charge in [0.2, 0.25) is 5.75 Å². The van der Waals surface area contributed by atoms with E-state index in [1.165, 1.54) is 14.2 Å². The number of hydrogen-bond donors (Lipinski definition) is 0. The number of benzene rings is 3. The Morgan fingerprint density at radius 2 is 1.48 bits per heavy atom. The van der Waals surface area contributed by atoms with Crippen molar-refractivity contribution in [2.24, 2.45) is 11.0 Å². The van der Waals surface area contributed by atoms with Gasteiger partial charge >= 0.3 is 0 Å². The van der Waals surface area contributed by atoms with Crippen LogP contribution in [0.5, 0.6) is 28.7 Å². The second kappa shape index (κ2) is 13.0. The zero-order valence-electron chi connectivity index (χ0n) is 24.9. The van der Waals surface area contributed by atoms with Crippen LogP contribution in [-0.2, 0) is 0 Å². The third kappa shape index (κ3) is 5.79. The molecule has 1 amide bonds. The molecular formula is C34H38N2O6. The van der Waals surface area contributed by atoms with Crippen LogP contribution >= 0.6 is 0 Å². The minimum atomic E-state index is -0.272. The molecule has 1 aliphatic carbocycles. The zero-order chi connectivity index (χ0) is 29.6. The van der Waals surface area contributed by atoms with Gasteiger partial charge < -0.3 is 23.7 Å². The van der Waals surface area contributed by atoms with E-state index in [1.54, 1.807) is 24.3 Å². The summed E-state index contributed by atoms with van der Waals surface area (Å²) in [5.41, 5.74) is 4.58. The van der Waals surface area contributed by atoms with E-state index in [0.29, 0.717) is 36.0 Å². The lowest BCUT2D eigenvalue weighted by atomic mass is 9.77. The number of hydrazone groups is 1. The molecule has 0 N–H and O–H groups in total. The van der Waals surface area contributed by atoms with Gasteiger partial charge in [0.15, 0.2) is 11.5 Å². The first-order valence-electron chi connectivity index (χ1n) is 14.4. The summed E-state index contributed by atoms with van der Waals surface area (Å²) in [5, 5.41) is 6.68. The number of methoxy groups -OCH3 is 3. The maximum Gasteiger partial charge on any atom is 0.274 e. The lowest BCUT2D eigenvalue weighted by molar-refractivity contribution is 0.0680. The van der Waals surface area contributed by atoms with Crippen molar-refractivity contribution >= 4 is 17.7 Å². The summed E-state index contributed by atoms with van der Waals surface area (Å²) < 4.78 is 27.9. The van der Waals surface area contributed by atoms with Gasteiger partial charge in [-0.1, -0.05) is 24.3 Å². The molecule has 0 unspecified atom stereocenters. The molecule has 1 fully saturated rings. The number of rotatable bonds is 10. The number of ether oxygens (including phenoxy) is 5. The minimum absolute atomic E-state index is 0.0524. The van der Waals surface area contributed by atoms with Crippen molar-refractivity contribution in [3.8, 4) is 28.7 Å². The Kier molecular flexibility index (Phi) is 9.00. The van der Waals surface area contributed by atoms with E-state index in [4.69, 9.17) is 28.8 Å². The van der Waals surface area contributed by atoms with Gasteiger partial charge in [0, 0.05) is 11.5 Å². The van der Waals surface area contributed by atoms with Gasteiger partial charge in [-0.25, -0.2) is 5.01 Å². The summed E-state index contributed by atoms with van der Waals surface area (Å²) in [4.78, 5) is 14.3. The van der Waals surface area contributed by atoms with Crippen molar-refractivity contribution in [3.05, 3.63) is 82.9 Å². The first-order chi connectivity index (χ1) is 20.5.